The second-order valence-electron chi connectivity index (χ2n) is 4.84. The number of rotatable bonds is 2. The van der Waals surface area contributed by atoms with Gasteiger partial charge in [0.05, 0.1) is 18.0 Å². The first kappa shape index (κ1) is 12.5. The van der Waals surface area contributed by atoms with Gasteiger partial charge >= 0.3 is 0 Å². The maximum Gasteiger partial charge on any atom is 0.281 e. The maximum atomic E-state index is 12.4. The molecule has 2 aromatic heterocycles. The first-order chi connectivity index (χ1) is 10.8. The quantitative estimate of drug-likeness (QED) is 0.736. The van der Waals surface area contributed by atoms with Crippen molar-refractivity contribution in [3.05, 3.63) is 60.2 Å². The van der Waals surface area contributed by atoms with Crippen LogP contribution in [0.4, 0.5) is 5.82 Å². The number of hydrazone groups is 1. The van der Waals surface area contributed by atoms with Crippen molar-refractivity contribution in [3.8, 4) is 0 Å². The summed E-state index contributed by atoms with van der Waals surface area (Å²) in [5, 5.41) is 6.43. The molecule has 1 aliphatic heterocycles. The second-order valence-corrected chi connectivity index (χ2v) is 4.84. The normalized spacial score (nSPS) is 16.1. The zero-order valence-corrected chi connectivity index (χ0v) is 11.5. The van der Waals surface area contributed by atoms with Gasteiger partial charge in [-0.3, -0.25) is 9.78 Å². The Labute approximate surface area is 125 Å². The van der Waals surface area contributed by atoms with Crippen LogP contribution in [0.5, 0.6) is 0 Å². The van der Waals surface area contributed by atoms with Crippen LogP contribution in [0.2, 0.25) is 0 Å². The fourth-order valence-corrected chi connectivity index (χ4v) is 2.35. The molecule has 0 atom stereocenters. The minimum Gasteiger partial charge on any atom is -0.355 e. The van der Waals surface area contributed by atoms with E-state index >= 15 is 0 Å². The summed E-state index contributed by atoms with van der Waals surface area (Å²) in [5.74, 6) is 0.183. The highest BCUT2D eigenvalue weighted by Gasteiger charge is 2.25. The van der Waals surface area contributed by atoms with Crippen molar-refractivity contribution in [2.75, 3.05) is 5.01 Å². The van der Waals surface area contributed by atoms with E-state index in [2.05, 4.69) is 20.1 Å². The first-order valence-electron chi connectivity index (χ1n) is 6.75. The van der Waals surface area contributed by atoms with E-state index in [0.717, 1.165) is 16.6 Å². The number of fused-ring (bicyclic) bond motifs is 1. The molecule has 106 valence electrons. The number of carbonyl (C=O) groups is 1. The van der Waals surface area contributed by atoms with Crippen LogP contribution >= 0.6 is 0 Å². The van der Waals surface area contributed by atoms with E-state index < -0.39 is 0 Å². The molecule has 1 N–H and O–H groups in total. The lowest BCUT2D eigenvalue weighted by atomic mass is 10.2. The number of benzene rings is 1. The summed E-state index contributed by atoms with van der Waals surface area (Å²) in [6.45, 7) is 0. The average molecular weight is 289 g/mol. The molecule has 1 aliphatic rings. The van der Waals surface area contributed by atoms with Gasteiger partial charge in [0.25, 0.3) is 5.91 Å². The highest BCUT2D eigenvalue weighted by Crippen LogP contribution is 2.21. The molecular formula is C16H11N5O. The number of aromatic nitrogens is 3. The smallest absolute Gasteiger partial charge is 0.281 e. The molecule has 3 heterocycles. The standard InChI is InChI=1S/C16H11N5O/c22-16-12(9-19-21(16)15-10-17-5-6-18-15)8-13-7-11-3-1-2-4-14(11)20-13/h1-10,20H/b12-8+. The van der Waals surface area contributed by atoms with Crippen LogP contribution in [0, 0.1) is 0 Å². The molecule has 4 rings (SSSR count). The summed E-state index contributed by atoms with van der Waals surface area (Å²) >= 11 is 0. The molecule has 1 amide bonds. The van der Waals surface area contributed by atoms with Gasteiger partial charge in [0.2, 0.25) is 0 Å². The van der Waals surface area contributed by atoms with E-state index in [1.54, 1.807) is 12.3 Å². The van der Waals surface area contributed by atoms with Crippen LogP contribution in [0.1, 0.15) is 5.69 Å². The zero-order chi connectivity index (χ0) is 14.9. The lowest BCUT2D eigenvalue weighted by Crippen LogP contribution is -2.22. The third kappa shape index (κ3) is 2.07. The number of nitrogens with one attached hydrogen (secondary N) is 1. The van der Waals surface area contributed by atoms with Crippen molar-refractivity contribution in [2.24, 2.45) is 5.10 Å². The average Bonchev–Trinajstić information content (AvgIpc) is 3.12. The van der Waals surface area contributed by atoms with Crippen molar-refractivity contribution in [3.63, 3.8) is 0 Å². The number of aromatic amines is 1. The third-order valence-electron chi connectivity index (χ3n) is 3.38. The SMILES string of the molecule is O=C1/C(=C/c2cc3ccccc3[nH]2)C=NN1c1cnccn1. The van der Waals surface area contributed by atoms with E-state index in [-0.39, 0.29) is 5.91 Å². The van der Waals surface area contributed by atoms with Crippen molar-refractivity contribution in [1.82, 2.24) is 15.0 Å². The molecule has 1 aromatic carbocycles. The van der Waals surface area contributed by atoms with Gasteiger partial charge < -0.3 is 4.98 Å². The number of para-hydroxylation sites is 1. The molecule has 0 radical (unpaired) electrons. The summed E-state index contributed by atoms with van der Waals surface area (Å²) in [6.07, 6.45) is 7.89. The highest BCUT2D eigenvalue weighted by atomic mass is 16.2. The molecule has 6 nitrogen and oxygen atoms in total. The van der Waals surface area contributed by atoms with Crippen molar-refractivity contribution >= 4 is 34.9 Å². The maximum absolute atomic E-state index is 12.4. The number of nitrogens with zero attached hydrogens (tertiary/aromatic N) is 4. The predicted molar refractivity (Wildman–Crippen MR) is 84.3 cm³/mol. The third-order valence-corrected chi connectivity index (χ3v) is 3.38. The number of amides is 1. The molecule has 0 saturated carbocycles. The van der Waals surface area contributed by atoms with Crippen LogP contribution in [0.15, 0.2) is 59.6 Å². The summed E-state index contributed by atoms with van der Waals surface area (Å²) in [6, 6.07) is 9.95. The van der Waals surface area contributed by atoms with E-state index in [0.29, 0.717) is 11.4 Å². The zero-order valence-electron chi connectivity index (χ0n) is 11.5. The Balaban J connectivity index is 1.66. The topological polar surface area (TPSA) is 74.2 Å². The molecule has 22 heavy (non-hydrogen) atoms. The Bertz CT molecular complexity index is 877. The first-order valence-corrected chi connectivity index (χ1v) is 6.75. The van der Waals surface area contributed by atoms with Gasteiger partial charge in [0.15, 0.2) is 5.82 Å². The molecular weight excluding hydrogens is 278 g/mol. The number of carbonyl (C=O) groups excluding carboxylic acids is 1. The molecule has 0 aliphatic carbocycles. The summed E-state index contributed by atoms with van der Waals surface area (Å²) in [7, 11) is 0. The number of hydrogen-bond acceptors (Lipinski definition) is 4. The summed E-state index contributed by atoms with van der Waals surface area (Å²) in [5.41, 5.74) is 2.39. The van der Waals surface area contributed by atoms with Crippen molar-refractivity contribution < 1.29 is 4.79 Å². The summed E-state index contributed by atoms with van der Waals surface area (Å²) < 4.78 is 0. The van der Waals surface area contributed by atoms with Crippen LogP contribution < -0.4 is 5.01 Å². The fourth-order valence-electron chi connectivity index (χ4n) is 2.35. The molecule has 0 saturated heterocycles. The van der Waals surface area contributed by atoms with E-state index in [4.69, 9.17) is 0 Å². The Kier molecular flexibility index (Phi) is 2.79. The van der Waals surface area contributed by atoms with Crippen molar-refractivity contribution in [2.45, 2.75) is 0 Å². The van der Waals surface area contributed by atoms with E-state index in [1.807, 2.05) is 30.3 Å². The monoisotopic (exact) mass is 289 g/mol. The Morgan fingerprint density at radius 3 is 2.91 bits per heavy atom. The van der Waals surface area contributed by atoms with Gasteiger partial charge in [-0.25, -0.2) is 4.98 Å². The van der Waals surface area contributed by atoms with Crippen molar-refractivity contribution in [1.29, 1.82) is 0 Å². The molecule has 0 spiro atoms. The van der Waals surface area contributed by atoms with Gasteiger partial charge in [0.1, 0.15) is 0 Å². The lowest BCUT2D eigenvalue weighted by molar-refractivity contribution is -0.114. The summed E-state index contributed by atoms with van der Waals surface area (Å²) in [4.78, 5) is 23.7. The largest absolute Gasteiger partial charge is 0.355 e. The number of H-pyrrole nitrogens is 1. The second kappa shape index (κ2) is 4.92. The molecule has 6 heteroatoms. The van der Waals surface area contributed by atoms with Crippen LogP contribution in [-0.2, 0) is 4.79 Å². The molecule has 3 aromatic rings. The fraction of sp³-hybridized carbons (Fsp3) is 0. The molecule has 0 unspecified atom stereocenters. The highest BCUT2D eigenvalue weighted by molar-refractivity contribution is 6.25. The van der Waals surface area contributed by atoms with Crippen LogP contribution in [-0.4, -0.2) is 27.1 Å². The van der Waals surface area contributed by atoms with Gasteiger partial charge in [-0.15, -0.1) is 0 Å². The van der Waals surface area contributed by atoms with Gasteiger partial charge in [0, 0.05) is 23.6 Å². The minimum absolute atomic E-state index is 0.223. The van der Waals surface area contributed by atoms with Gasteiger partial charge in [-0.2, -0.15) is 10.1 Å². The van der Waals surface area contributed by atoms with Crippen LogP contribution in [0.25, 0.3) is 17.0 Å². The Morgan fingerprint density at radius 2 is 2.09 bits per heavy atom. The molecule has 0 bridgehead atoms. The lowest BCUT2D eigenvalue weighted by Gasteiger charge is -2.08. The molecule has 0 fully saturated rings. The Morgan fingerprint density at radius 1 is 1.18 bits per heavy atom. The van der Waals surface area contributed by atoms with E-state index in [9.17, 15) is 4.79 Å². The van der Waals surface area contributed by atoms with Gasteiger partial charge in [-0.05, 0) is 23.6 Å². The number of hydrogen-bond donors (Lipinski definition) is 1. The Hall–Kier alpha value is -3.28. The van der Waals surface area contributed by atoms with E-state index in [1.165, 1.54) is 23.6 Å². The number of anilines is 1. The van der Waals surface area contributed by atoms with Gasteiger partial charge in [-0.1, -0.05) is 18.2 Å². The predicted octanol–water partition coefficient (Wildman–Crippen LogP) is 2.37. The minimum atomic E-state index is -0.223. The van der Waals surface area contributed by atoms with Crippen LogP contribution in [0.3, 0.4) is 0 Å².